The number of unbranched alkanes of at least 4 members (excludes halogenated alkanes) is 5. The summed E-state index contributed by atoms with van der Waals surface area (Å²) in [5, 5.41) is 8.30. The Morgan fingerprint density at radius 1 is 1.00 bits per heavy atom. The van der Waals surface area contributed by atoms with Crippen molar-refractivity contribution in [2.75, 3.05) is 0 Å². The van der Waals surface area contributed by atoms with Gasteiger partial charge in [-0.15, -0.1) is 0 Å². The van der Waals surface area contributed by atoms with Crippen molar-refractivity contribution in [1.82, 2.24) is 0 Å². The first-order chi connectivity index (χ1) is 7.41. The Hall–Kier alpha value is -0.326. The van der Waals surface area contributed by atoms with Crippen LogP contribution in [-0.2, 0) is 16.5 Å². The molecule has 1 N–H and O–H groups in total. The van der Waals surface area contributed by atoms with Crippen LogP contribution in [0.2, 0.25) is 0 Å². The summed E-state index contributed by atoms with van der Waals surface area (Å²) in [5.41, 5.74) is 0. The van der Waals surface area contributed by atoms with Crippen LogP contribution in [0.1, 0.15) is 45.4 Å². The number of rotatable bonds is 6. The maximum atomic E-state index is 8.30. The monoisotopic (exact) mass is 264 g/mol. The molecule has 0 aromatic heterocycles. The number of hydrogen-bond donors (Lipinski definition) is 1. The van der Waals surface area contributed by atoms with Crippen LogP contribution < -0.4 is 0 Å². The summed E-state index contributed by atoms with van der Waals surface area (Å²) in [6.45, 7) is 3.46. The Morgan fingerprint density at radius 3 is 2.00 bits per heavy atom. The molecule has 0 bridgehead atoms. The van der Waals surface area contributed by atoms with Crippen molar-refractivity contribution >= 4 is 0 Å². The molecule has 16 heavy (non-hydrogen) atoms. The number of aliphatic hydroxyl groups excluding tert-OH is 1. The van der Waals surface area contributed by atoms with Gasteiger partial charge in [-0.1, -0.05) is 39.0 Å². The molecule has 0 heterocycles. The second-order valence-electron chi connectivity index (χ2n) is 3.46. The molecule has 0 aliphatic rings. The second kappa shape index (κ2) is 17.1. The summed E-state index contributed by atoms with van der Waals surface area (Å²) in [6, 6.07) is 12.5. The standard InChI is InChI=1S/C8H17O.C6H5.Ni/c1-2-3-4-5-6-7-8-9;1-2-4-6-5-3-1;/h8-9H,2-7H2,1H3;1-5H;/q2*-1;+2. The fourth-order valence-electron chi connectivity index (χ4n) is 1.18. The molecule has 0 saturated heterocycles. The van der Waals surface area contributed by atoms with E-state index in [4.69, 9.17) is 5.11 Å². The third kappa shape index (κ3) is 16.1. The van der Waals surface area contributed by atoms with Gasteiger partial charge in [-0.3, -0.25) is 0 Å². The summed E-state index contributed by atoms with van der Waals surface area (Å²) in [7, 11) is 0. The Kier molecular flexibility index (Phi) is 19.3. The van der Waals surface area contributed by atoms with Gasteiger partial charge in [0.2, 0.25) is 0 Å². The van der Waals surface area contributed by atoms with Crippen LogP contribution in [0.15, 0.2) is 30.3 Å². The minimum Gasteiger partial charge on any atom is -0.566 e. The zero-order chi connectivity index (χ0) is 11.2. The molecule has 0 spiro atoms. The van der Waals surface area contributed by atoms with Gasteiger partial charge in [0.05, 0.1) is 0 Å². The van der Waals surface area contributed by atoms with E-state index in [0.29, 0.717) is 0 Å². The molecule has 0 amide bonds. The molecule has 1 aromatic rings. The molecule has 0 saturated carbocycles. The molecule has 0 unspecified atom stereocenters. The van der Waals surface area contributed by atoms with Gasteiger partial charge in [-0.2, -0.15) is 42.8 Å². The Bertz CT molecular complexity index is 156. The summed E-state index contributed by atoms with van der Waals surface area (Å²) in [5.74, 6) is 0. The topological polar surface area (TPSA) is 20.2 Å². The minimum absolute atomic E-state index is 0. The van der Waals surface area contributed by atoms with E-state index in [-0.39, 0.29) is 16.5 Å². The molecule has 1 aromatic carbocycles. The van der Waals surface area contributed by atoms with E-state index in [1.54, 1.807) is 0 Å². The zero-order valence-corrected chi connectivity index (χ0v) is 11.0. The van der Waals surface area contributed by atoms with E-state index < -0.39 is 0 Å². The normalized spacial score (nSPS) is 8.62. The molecule has 1 nitrogen and oxygen atoms in total. The first-order valence-corrected chi connectivity index (χ1v) is 5.78. The molecule has 1 rings (SSSR count). The fraction of sp³-hybridized carbons (Fsp3) is 0.500. The van der Waals surface area contributed by atoms with E-state index in [1.165, 1.54) is 32.3 Å². The van der Waals surface area contributed by atoms with Crippen molar-refractivity contribution in [3.8, 4) is 0 Å². The summed E-state index contributed by atoms with van der Waals surface area (Å²) in [6.07, 6.45) is 7.24. The number of aliphatic hydroxyl groups is 1. The first-order valence-electron chi connectivity index (χ1n) is 5.78. The predicted octanol–water partition coefficient (Wildman–Crippen LogP) is 4.37. The maximum absolute atomic E-state index is 8.30. The summed E-state index contributed by atoms with van der Waals surface area (Å²) < 4.78 is 0. The van der Waals surface area contributed by atoms with Gasteiger partial charge in [0.15, 0.2) is 0 Å². The zero-order valence-electron chi connectivity index (χ0n) is 9.97. The van der Waals surface area contributed by atoms with Crippen LogP contribution >= 0.6 is 0 Å². The van der Waals surface area contributed by atoms with Crippen LogP contribution in [0.25, 0.3) is 0 Å². The van der Waals surface area contributed by atoms with Gasteiger partial charge in [0.25, 0.3) is 0 Å². The molecule has 0 fully saturated rings. The van der Waals surface area contributed by atoms with Crippen LogP contribution in [0.5, 0.6) is 0 Å². The van der Waals surface area contributed by atoms with Gasteiger partial charge in [-0.05, 0) is 0 Å². The van der Waals surface area contributed by atoms with Crippen LogP contribution in [-0.4, -0.2) is 5.11 Å². The molecule has 0 aliphatic heterocycles. The van der Waals surface area contributed by atoms with Gasteiger partial charge >= 0.3 is 16.5 Å². The maximum Gasteiger partial charge on any atom is 2.00 e. The third-order valence-corrected chi connectivity index (χ3v) is 2.04. The van der Waals surface area contributed by atoms with Gasteiger partial charge in [0, 0.05) is 0 Å². The third-order valence-electron chi connectivity index (χ3n) is 2.04. The Labute approximate surface area is 110 Å². The predicted molar refractivity (Wildman–Crippen MR) is 64.9 cm³/mol. The van der Waals surface area contributed by atoms with E-state index in [9.17, 15) is 0 Å². The second-order valence-corrected chi connectivity index (χ2v) is 3.46. The summed E-state index contributed by atoms with van der Waals surface area (Å²) in [4.78, 5) is 0. The van der Waals surface area contributed by atoms with E-state index in [0.717, 1.165) is 12.8 Å². The van der Waals surface area contributed by atoms with Crippen molar-refractivity contribution in [2.24, 2.45) is 0 Å². The van der Waals surface area contributed by atoms with Gasteiger partial charge in [0.1, 0.15) is 0 Å². The largest absolute Gasteiger partial charge is 2.00 e. The fourth-order valence-corrected chi connectivity index (χ4v) is 1.18. The van der Waals surface area contributed by atoms with Gasteiger partial charge < -0.3 is 5.11 Å². The molecule has 94 valence electrons. The van der Waals surface area contributed by atoms with Crippen LogP contribution in [0, 0.1) is 12.7 Å². The minimum atomic E-state index is 0. The van der Waals surface area contributed by atoms with E-state index >= 15 is 0 Å². The first kappa shape index (κ1) is 18.0. The Balaban J connectivity index is 0. The van der Waals surface area contributed by atoms with Crippen LogP contribution in [0.3, 0.4) is 0 Å². The quantitative estimate of drug-likeness (QED) is 0.460. The van der Waals surface area contributed by atoms with Gasteiger partial charge in [-0.25, -0.2) is 6.61 Å². The van der Waals surface area contributed by atoms with Crippen molar-refractivity contribution in [1.29, 1.82) is 0 Å². The molecule has 0 atom stereocenters. The SMILES string of the molecule is CCCCCCC[CH-]O.[Ni+2].[c-]1ccccc1. The van der Waals surface area contributed by atoms with Crippen molar-refractivity contribution < 1.29 is 21.6 Å². The van der Waals surface area contributed by atoms with Crippen molar-refractivity contribution in [3.05, 3.63) is 43.0 Å². The summed E-state index contributed by atoms with van der Waals surface area (Å²) >= 11 is 0. The average molecular weight is 265 g/mol. The molecular formula is C14H22NiO. The van der Waals surface area contributed by atoms with Crippen LogP contribution in [0.4, 0.5) is 0 Å². The van der Waals surface area contributed by atoms with Crippen molar-refractivity contribution in [3.63, 3.8) is 0 Å². The number of benzene rings is 1. The molecule has 0 aliphatic carbocycles. The van der Waals surface area contributed by atoms with E-state index in [1.807, 2.05) is 30.3 Å². The molecule has 2 heteroatoms. The molecular weight excluding hydrogens is 243 g/mol. The Morgan fingerprint density at radius 2 is 1.62 bits per heavy atom. The smallest absolute Gasteiger partial charge is 0.566 e. The molecule has 0 radical (unpaired) electrons. The van der Waals surface area contributed by atoms with Crippen molar-refractivity contribution in [2.45, 2.75) is 45.4 Å². The average Bonchev–Trinajstić information content (AvgIpc) is 2.32. The van der Waals surface area contributed by atoms with E-state index in [2.05, 4.69) is 13.0 Å². The number of hydrogen-bond acceptors (Lipinski definition) is 1.